The summed E-state index contributed by atoms with van der Waals surface area (Å²) in [5, 5.41) is 0. The van der Waals surface area contributed by atoms with Crippen LogP contribution >= 0.6 is 0 Å². The number of carbonyl (C=O) groups excluding carboxylic acids is 1. The fourth-order valence-corrected chi connectivity index (χ4v) is 3.78. The number of carbonyl (C=O) groups is 1. The van der Waals surface area contributed by atoms with Gasteiger partial charge in [0.1, 0.15) is 0 Å². The fraction of sp³-hybridized carbons (Fsp3) is 0.632. The van der Waals surface area contributed by atoms with E-state index in [0.29, 0.717) is 0 Å². The second-order valence-electron chi connectivity index (χ2n) is 6.92. The lowest BCUT2D eigenvalue weighted by Gasteiger charge is -2.37. The summed E-state index contributed by atoms with van der Waals surface area (Å²) in [6.45, 7) is 6.15. The summed E-state index contributed by atoms with van der Waals surface area (Å²) in [6, 6.07) is 10.4. The van der Waals surface area contributed by atoms with E-state index in [1.54, 1.807) is 0 Å². The topological polar surface area (TPSA) is 26.8 Å². The van der Waals surface area contributed by atoms with Gasteiger partial charge in [-0.05, 0) is 51.5 Å². The number of amides is 1. The van der Waals surface area contributed by atoms with Crippen LogP contribution in [0.25, 0.3) is 0 Å². The van der Waals surface area contributed by atoms with E-state index in [1.807, 2.05) is 35.2 Å². The Morgan fingerprint density at radius 1 is 1.04 bits per heavy atom. The molecule has 2 heterocycles. The van der Waals surface area contributed by atoms with Crippen molar-refractivity contribution in [3.63, 3.8) is 0 Å². The normalized spacial score (nSPS) is 23.9. The molecular weight excluding hydrogens is 286 g/mol. The molecule has 0 spiro atoms. The van der Waals surface area contributed by atoms with Gasteiger partial charge in [-0.15, -0.1) is 0 Å². The van der Waals surface area contributed by atoms with E-state index in [2.05, 4.69) is 16.8 Å². The predicted molar refractivity (Wildman–Crippen MR) is 93.7 cm³/mol. The maximum Gasteiger partial charge on any atom is 0.253 e. The molecule has 1 aromatic carbocycles. The SMILES string of the molecule is CN1CCCCC1CCN1CCN(C(=O)c2ccccc2)CC1. The third kappa shape index (κ3) is 4.33. The van der Waals surface area contributed by atoms with E-state index in [1.165, 1.54) is 38.8 Å². The average molecular weight is 315 g/mol. The summed E-state index contributed by atoms with van der Waals surface area (Å²) in [6.07, 6.45) is 5.35. The van der Waals surface area contributed by atoms with Gasteiger partial charge in [-0.2, -0.15) is 0 Å². The molecule has 23 heavy (non-hydrogen) atoms. The number of rotatable bonds is 4. The molecule has 0 radical (unpaired) electrons. The summed E-state index contributed by atoms with van der Waals surface area (Å²) >= 11 is 0. The summed E-state index contributed by atoms with van der Waals surface area (Å²) in [7, 11) is 2.26. The van der Waals surface area contributed by atoms with Gasteiger partial charge in [-0.3, -0.25) is 9.69 Å². The van der Waals surface area contributed by atoms with E-state index in [9.17, 15) is 4.79 Å². The second-order valence-corrected chi connectivity index (χ2v) is 6.92. The van der Waals surface area contributed by atoms with Crippen LogP contribution in [0.3, 0.4) is 0 Å². The first-order valence-corrected chi connectivity index (χ1v) is 9.01. The summed E-state index contributed by atoms with van der Waals surface area (Å²) in [5.74, 6) is 0.178. The quantitative estimate of drug-likeness (QED) is 0.853. The molecule has 1 aromatic rings. The molecule has 0 bridgehead atoms. The smallest absolute Gasteiger partial charge is 0.253 e. The van der Waals surface area contributed by atoms with Crippen LogP contribution in [-0.2, 0) is 0 Å². The highest BCUT2D eigenvalue weighted by Gasteiger charge is 2.24. The summed E-state index contributed by atoms with van der Waals surface area (Å²) < 4.78 is 0. The van der Waals surface area contributed by atoms with Crippen molar-refractivity contribution in [2.45, 2.75) is 31.7 Å². The zero-order valence-electron chi connectivity index (χ0n) is 14.3. The van der Waals surface area contributed by atoms with Crippen molar-refractivity contribution < 1.29 is 4.79 Å². The van der Waals surface area contributed by atoms with Gasteiger partial charge in [0.15, 0.2) is 0 Å². The van der Waals surface area contributed by atoms with Crippen LogP contribution < -0.4 is 0 Å². The minimum absolute atomic E-state index is 0.178. The zero-order valence-corrected chi connectivity index (χ0v) is 14.3. The van der Waals surface area contributed by atoms with Crippen molar-refractivity contribution in [3.8, 4) is 0 Å². The van der Waals surface area contributed by atoms with Crippen molar-refractivity contribution in [3.05, 3.63) is 35.9 Å². The minimum atomic E-state index is 0.178. The summed E-state index contributed by atoms with van der Waals surface area (Å²) in [4.78, 5) is 19.5. The van der Waals surface area contributed by atoms with Gasteiger partial charge in [0.05, 0.1) is 0 Å². The molecule has 2 aliphatic rings. The van der Waals surface area contributed by atoms with E-state index >= 15 is 0 Å². The number of hydrogen-bond donors (Lipinski definition) is 0. The van der Waals surface area contributed by atoms with Crippen LogP contribution in [0, 0.1) is 0 Å². The lowest BCUT2D eigenvalue weighted by molar-refractivity contribution is 0.0617. The third-order valence-electron chi connectivity index (χ3n) is 5.38. The molecule has 4 heteroatoms. The molecule has 0 saturated carbocycles. The van der Waals surface area contributed by atoms with Crippen molar-refractivity contribution in [2.75, 3.05) is 46.3 Å². The Morgan fingerprint density at radius 3 is 2.48 bits per heavy atom. The highest BCUT2D eigenvalue weighted by molar-refractivity contribution is 5.94. The van der Waals surface area contributed by atoms with Gasteiger partial charge in [0.2, 0.25) is 0 Å². The van der Waals surface area contributed by atoms with Gasteiger partial charge in [0.25, 0.3) is 5.91 Å². The standard InChI is InChI=1S/C19H29N3O/c1-20-11-6-5-9-18(20)10-12-21-13-15-22(16-14-21)19(23)17-7-3-2-4-8-17/h2-4,7-8,18H,5-6,9-16H2,1H3. The molecule has 2 fully saturated rings. The van der Waals surface area contributed by atoms with Crippen LogP contribution in [-0.4, -0.2) is 73.0 Å². The van der Waals surface area contributed by atoms with Crippen LogP contribution in [0.1, 0.15) is 36.0 Å². The molecule has 3 rings (SSSR count). The average Bonchev–Trinajstić information content (AvgIpc) is 2.62. The van der Waals surface area contributed by atoms with Crippen molar-refractivity contribution in [2.24, 2.45) is 0 Å². The lowest BCUT2D eigenvalue weighted by Crippen LogP contribution is -2.49. The highest BCUT2D eigenvalue weighted by Crippen LogP contribution is 2.18. The predicted octanol–water partition coefficient (Wildman–Crippen LogP) is 2.32. The number of likely N-dealkylation sites (tertiary alicyclic amines) is 1. The molecule has 0 N–H and O–H groups in total. The first kappa shape index (κ1) is 16.5. The minimum Gasteiger partial charge on any atom is -0.336 e. The Bertz CT molecular complexity index is 497. The third-order valence-corrected chi connectivity index (χ3v) is 5.38. The maximum atomic E-state index is 12.5. The van der Waals surface area contributed by atoms with Crippen molar-refractivity contribution in [1.82, 2.24) is 14.7 Å². The van der Waals surface area contributed by atoms with Gasteiger partial charge in [-0.25, -0.2) is 0 Å². The maximum absolute atomic E-state index is 12.5. The Labute approximate surface area is 140 Å². The highest BCUT2D eigenvalue weighted by atomic mass is 16.2. The summed E-state index contributed by atoms with van der Waals surface area (Å²) in [5.41, 5.74) is 0.810. The van der Waals surface area contributed by atoms with Crippen molar-refractivity contribution in [1.29, 1.82) is 0 Å². The number of nitrogens with zero attached hydrogens (tertiary/aromatic N) is 3. The fourth-order valence-electron chi connectivity index (χ4n) is 3.78. The van der Waals surface area contributed by atoms with Crippen LogP contribution in [0.4, 0.5) is 0 Å². The number of hydrogen-bond acceptors (Lipinski definition) is 3. The van der Waals surface area contributed by atoms with Crippen molar-refractivity contribution >= 4 is 5.91 Å². The number of piperidine rings is 1. The lowest BCUT2D eigenvalue weighted by atomic mass is 10.00. The van der Waals surface area contributed by atoms with E-state index < -0.39 is 0 Å². The number of benzene rings is 1. The molecular formula is C19H29N3O. The molecule has 4 nitrogen and oxygen atoms in total. The van der Waals surface area contributed by atoms with Crippen LogP contribution in [0.2, 0.25) is 0 Å². The molecule has 126 valence electrons. The van der Waals surface area contributed by atoms with E-state index in [4.69, 9.17) is 0 Å². The molecule has 1 amide bonds. The zero-order chi connectivity index (χ0) is 16.1. The Hall–Kier alpha value is -1.39. The largest absolute Gasteiger partial charge is 0.336 e. The van der Waals surface area contributed by atoms with Gasteiger partial charge in [0, 0.05) is 37.8 Å². The molecule has 2 aliphatic heterocycles. The monoisotopic (exact) mass is 315 g/mol. The first-order chi connectivity index (χ1) is 11.2. The first-order valence-electron chi connectivity index (χ1n) is 9.01. The van der Waals surface area contributed by atoms with E-state index in [-0.39, 0.29) is 5.91 Å². The molecule has 1 atom stereocenters. The van der Waals surface area contributed by atoms with E-state index in [0.717, 1.165) is 37.8 Å². The molecule has 0 aliphatic carbocycles. The molecule has 2 saturated heterocycles. The van der Waals surface area contributed by atoms with Crippen LogP contribution in [0.5, 0.6) is 0 Å². The van der Waals surface area contributed by atoms with Gasteiger partial charge >= 0.3 is 0 Å². The Morgan fingerprint density at radius 2 is 1.78 bits per heavy atom. The Balaban J connectivity index is 1.42. The number of piperazine rings is 1. The second kappa shape index (κ2) is 7.93. The molecule has 0 aromatic heterocycles. The molecule has 1 unspecified atom stereocenters. The Kier molecular flexibility index (Phi) is 5.68. The van der Waals surface area contributed by atoms with Gasteiger partial charge < -0.3 is 9.80 Å². The van der Waals surface area contributed by atoms with Gasteiger partial charge in [-0.1, -0.05) is 24.6 Å². The van der Waals surface area contributed by atoms with Crippen LogP contribution in [0.15, 0.2) is 30.3 Å².